The molecule has 102 valence electrons. The van der Waals surface area contributed by atoms with Crippen molar-refractivity contribution in [3.63, 3.8) is 0 Å². The SMILES string of the molecule is CCNc1ccc(C(=O)N(C)C(C)CC#N)c(C)c1. The fourth-order valence-electron chi connectivity index (χ4n) is 1.88. The van der Waals surface area contributed by atoms with Crippen molar-refractivity contribution < 1.29 is 4.79 Å². The highest BCUT2D eigenvalue weighted by Gasteiger charge is 2.18. The van der Waals surface area contributed by atoms with Crippen LogP contribution in [-0.4, -0.2) is 30.4 Å². The standard InChI is InChI=1S/C15H21N3O/c1-5-17-13-6-7-14(11(2)10-13)15(19)18(4)12(3)8-9-16/h6-7,10,12,17H,5,8H2,1-4H3. The van der Waals surface area contributed by atoms with Gasteiger partial charge in [-0.2, -0.15) is 5.26 Å². The van der Waals surface area contributed by atoms with Crippen LogP contribution in [0.4, 0.5) is 5.69 Å². The summed E-state index contributed by atoms with van der Waals surface area (Å²) in [6.45, 7) is 6.69. The van der Waals surface area contributed by atoms with Gasteiger partial charge in [0.05, 0.1) is 12.5 Å². The zero-order chi connectivity index (χ0) is 14.4. The van der Waals surface area contributed by atoms with Gasteiger partial charge < -0.3 is 10.2 Å². The van der Waals surface area contributed by atoms with Gasteiger partial charge in [-0.25, -0.2) is 0 Å². The Hall–Kier alpha value is -2.02. The van der Waals surface area contributed by atoms with Crippen molar-refractivity contribution in [1.29, 1.82) is 5.26 Å². The topological polar surface area (TPSA) is 56.1 Å². The lowest BCUT2D eigenvalue weighted by Gasteiger charge is -2.24. The van der Waals surface area contributed by atoms with Crippen LogP contribution in [0.15, 0.2) is 18.2 Å². The van der Waals surface area contributed by atoms with E-state index in [1.165, 1.54) is 0 Å². The van der Waals surface area contributed by atoms with Crippen LogP contribution in [0.3, 0.4) is 0 Å². The average Bonchev–Trinajstić information content (AvgIpc) is 2.38. The molecule has 0 spiro atoms. The molecular formula is C15H21N3O. The van der Waals surface area contributed by atoms with Gasteiger partial charge in [0, 0.05) is 30.9 Å². The average molecular weight is 259 g/mol. The molecule has 1 aromatic carbocycles. The first-order valence-corrected chi connectivity index (χ1v) is 6.49. The van der Waals surface area contributed by atoms with E-state index in [1.54, 1.807) is 11.9 Å². The first-order chi connectivity index (χ1) is 9.01. The highest BCUT2D eigenvalue weighted by molar-refractivity contribution is 5.96. The van der Waals surface area contributed by atoms with E-state index in [1.807, 2.05) is 39.0 Å². The van der Waals surface area contributed by atoms with Crippen LogP contribution in [0.5, 0.6) is 0 Å². The van der Waals surface area contributed by atoms with Crippen molar-refractivity contribution in [2.24, 2.45) is 0 Å². The van der Waals surface area contributed by atoms with Gasteiger partial charge in [-0.15, -0.1) is 0 Å². The van der Waals surface area contributed by atoms with Crippen LogP contribution in [0.25, 0.3) is 0 Å². The Morgan fingerprint density at radius 2 is 2.21 bits per heavy atom. The Kier molecular flexibility index (Phi) is 5.37. The summed E-state index contributed by atoms with van der Waals surface area (Å²) >= 11 is 0. The minimum Gasteiger partial charge on any atom is -0.385 e. The van der Waals surface area contributed by atoms with Crippen LogP contribution in [0.1, 0.15) is 36.2 Å². The molecule has 1 rings (SSSR count). The molecule has 0 fully saturated rings. The number of nitriles is 1. The van der Waals surface area contributed by atoms with Gasteiger partial charge in [0.1, 0.15) is 0 Å². The summed E-state index contributed by atoms with van der Waals surface area (Å²) in [6, 6.07) is 7.73. The molecule has 19 heavy (non-hydrogen) atoms. The smallest absolute Gasteiger partial charge is 0.254 e. The van der Waals surface area contributed by atoms with Crippen LogP contribution in [0, 0.1) is 18.3 Å². The van der Waals surface area contributed by atoms with Crippen molar-refractivity contribution in [3.05, 3.63) is 29.3 Å². The fraction of sp³-hybridized carbons (Fsp3) is 0.467. The van der Waals surface area contributed by atoms with Gasteiger partial charge in [-0.3, -0.25) is 4.79 Å². The largest absolute Gasteiger partial charge is 0.385 e. The molecule has 1 unspecified atom stereocenters. The molecule has 0 aliphatic carbocycles. The second-order valence-corrected chi connectivity index (χ2v) is 4.69. The first-order valence-electron chi connectivity index (χ1n) is 6.49. The van der Waals surface area contributed by atoms with E-state index < -0.39 is 0 Å². The molecule has 0 aliphatic rings. The van der Waals surface area contributed by atoms with Gasteiger partial charge in [0.2, 0.25) is 0 Å². The van der Waals surface area contributed by atoms with Crippen LogP contribution in [-0.2, 0) is 0 Å². The fourth-order valence-corrected chi connectivity index (χ4v) is 1.88. The van der Waals surface area contributed by atoms with Gasteiger partial charge >= 0.3 is 0 Å². The van der Waals surface area contributed by atoms with E-state index in [0.29, 0.717) is 12.0 Å². The third-order valence-corrected chi connectivity index (χ3v) is 3.21. The zero-order valence-corrected chi connectivity index (χ0v) is 12.0. The van der Waals surface area contributed by atoms with Crippen molar-refractivity contribution in [3.8, 4) is 6.07 Å². The second-order valence-electron chi connectivity index (χ2n) is 4.69. The summed E-state index contributed by atoms with van der Waals surface area (Å²) in [6.07, 6.45) is 0.344. The number of rotatable bonds is 5. The molecule has 4 nitrogen and oxygen atoms in total. The minimum atomic E-state index is -0.0784. The maximum absolute atomic E-state index is 12.3. The van der Waals surface area contributed by atoms with Crippen molar-refractivity contribution in [2.45, 2.75) is 33.2 Å². The molecule has 0 aliphatic heterocycles. The number of carbonyl (C=O) groups excluding carboxylic acids is 1. The Labute approximate surface area is 115 Å². The minimum absolute atomic E-state index is 0.0386. The molecule has 1 N–H and O–H groups in total. The number of carbonyl (C=O) groups is 1. The summed E-state index contributed by atoms with van der Waals surface area (Å²) in [7, 11) is 1.74. The molecule has 0 heterocycles. The summed E-state index contributed by atoms with van der Waals surface area (Å²) in [4.78, 5) is 14.0. The molecule has 0 bridgehead atoms. The second kappa shape index (κ2) is 6.79. The van der Waals surface area contributed by atoms with E-state index in [-0.39, 0.29) is 11.9 Å². The Bertz CT molecular complexity index is 491. The van der Waals surface area contributed by atoms with E-state index in [2.05, 4.69) is 11.4 Å². The molecule has 0 saturated heterocycles. The number of hydrogen-bond donors (Lipinski definition) is 1. The van der Waals surface area contributed by atoms with E-state index in [0.717, 1.165) is 17.8 Å². The lowest BCUT2D eigenvalue weighted by Crippen LogP contribution is -2.35. The normalized spacial score (nSPS) is 11.5. The number of benzene rings is 1. The number of amides is 1. The van der Waals surface area contributed by atoms with Gasteiger partial charge in [-0.1, -0.05) is 0 Å². The first kappa shape index (κ1) is 15.0. The van der Waals surface area contributed by atoms with Gasteiger partial charge in [-0.05, 0) is 44.5 Å². The van der Waals surface area contributed by atoms with Crippen molar-refractivity contribution >= 4 is 11.6 Å². The molecule has 1 atom stereocenters. The number of nitrogens with zero attached hydrogens (tertiary/aromatic N) is 2. The van der Waals surface area contributed by atoms with E-state index in [9.17, 15) is 4.79 Å². The summed E-state index contributed by atoms with van der Waals surface area (Å²) < 4.78 is 0. The maximum atomic E-state index is 12.3. The molecule has 1 amide bonds. The Morgan fingerprint density at radius 3 is 2.74 bits per heavy atom. The monoisotopic (exact) mass is 259 g/mol. The van der Waals surface area contributed by atoms with E-state index >= 15 is 0 Å². The number of anilines is 1. The van der Waals surface area contributed by atoms with Crippen molar-refractivity contribution in [2.75, 3.05) is 18.9 Å². The third kappa shape index (κ3) is 3.72. The van der Waals surface area contributed by atoms with Crippen LogP contribution >= 0.6 is 0 Å². The van der Waals surface area contributed by atoms with Crippen LogP contribution < -0.4 is 5.32 Å². The number of aryl methyl sites for hydroxylation is 1. The third-order valence-electron chi connectivity index (χ3n) is 3.21. The highest BCUT2D eigenvalue weighted by Crippen LogP contribution is 2.17. The quantitative estimate of drug-likeness (QED) is 0.884. The molecular weight excluding hydrogens is 238 g/mol. The maximum Gasteiger partial charge on any atom is 0.254 e. The lowest BCUT2D eigenvalue weighted by molar-refractivity contribution is 0.0745. The molecule has 0 radical (unpaired) electrons. The molecule has 1 aromatic rings. The van der Waals surface area contributed by atoms with Crippen molar-refractivity contribution in [1.82, 2.24) is 4.90 Å². The highest BCUT2D eigenvalue weighted by atomic mass is 16.2. The van der Waals surface area contributed by atoms with E-state index in [4.69, 9.17) is 5.26 Å². The molecule has 4 heteroatoms. The Morgan fingerprint density at radius 1 is 1.53 bits per heavy atom. The lowest BCUT2D eigenvalue weighted by atomic mass is 10.1. The molecule has 0 saturated carbocycles. The predicted octanol–water partition coefficient (Wildman–Crippen LogP) is 2.80. The van der Waals surface area contributed by atoms with Gasteiger partial charge in [0.25, 0.3) is 5.91 Å². The summed E-state index contributed by atoms with van der Waals surface area (Å²) in [5.41, 5.74) is 2.65. The predicted molar refractivity (Wildman–Crippen MR) is 77.1 cm³/mol. The molecule has 0 aromatic heterocycles. The summed E-state index contributed by atoms with van der Waals surface area (Å²) in [5.74, 6) is -0.0386. The van der Waals surface area contributed by atoms with Crippen LogP contribution in [0.2, 0.25) is 0 Å². The summed E-state index contributed by atoms with van der Waals surface area (Å²) in [5, 5.41) is 11.9. The van der Waals surface area contributed by atoms with Gasteiger partial charge in [0.15, 0.2) is 0 Å². The number of hydrogen-bond acceptors (Lipinski definition) is 3. The number of nitrogens with one attached hydrogen (secondary N) is 1. The Balaban J connectivity index is 2.91. The zero-order valence-electron chi connectivity index (χ0n) is 12.0.